The minimum absolute atomic E-state index is 0.279. The van der Waals surface area contributed by atoms with Crippen LogP contribution in [0.4, 0.5) is 0 Å². The lowest BCUT2D eigenvalue weighted by molar-refractivity contribution is -0.140. The molecule has 2 aliphatic rings. The Balaban J connectivity index is 1.88. The molecule has 2 rings (SSSR count). The fourth-order valence-electron chi connectivity index (χ4n) is 3.51. The average Bonchev–Trinajstić information content (AvgIpc) is 2.37. The van der Waals surface area contributed by atoms with Crippen LogP contribution in [0.1, 0.15) is 52.4 Å². The number of nitrogens with zero attached hydrogens (tertiary/aromatic N) is 1. The number of hydrogen-bond acceptors (Lipinski definition) is 2. The van der Waals surface area contributed by atoms with Crippen LogP contribution < -0.4 is 5.73 Å². The summed E-state index contributed by atoms with van der Waals surface area (Å²) in [5, 5.41) is 0. The molecule has 1 saturated heterocycles. The van der Waals surface area contributed by atoms with Crippen molar-refractivity contribution in [1.29, 1.82) is 0 Å². The molecule has 1 aliphatic carbocycles. The van der Waals surface area contributed by atoms with E-state index in [1.807, 2.05) is 0 Å². The molecule has 0 atom stereocenters. The first-order valence-electron chi connectivity index (χ1n) is 7.51. The molecule has 3 nitrogen and oxygen atoms in total. The van der Waals surface area contributed by atoms with Gasteiger partial charge in [0.1, 0.15) is 0 Å². The van der Waals surface area contributed by atoms with Gasteiger partial charge in [-0.05, 0) is 56.4 Å². The third-order valence-corrected chi connectivity index (χ3v) is 4.74. The van der Waals surface area contributed by atoms with Crippen molar-refractivity contribution < 1.29 is 4.79 Å². The second-order valence-corrected chi connectivity index (χ2v) is 6.98. The molecule has 1 heterocycles. The lowest BCUT2D eigenvalue weighted by Gasteiger charge is -2.40. The van der Waals surface area contributed by atoms with Crippen molar-refractivity contribution in [2.45, 2.75) is 52.4 Å². The Morgan fingerprint density at radius 1 is 1.28 bits per heavy atom. The van der Waals surface area contributed by atoms with Gasteiger partial charge in [-0.25, -0.2) is 0 Å². The number of piperidine rings is 1. The first-order chi connectivity index (χ1) is 8.52. The van der Waals surface area contributed by atoms with Gasteiger partial charge in [0, 0.05) is 19.0 Å². The van der Waals surface area contributed by atoms with E-state index >= 15 is 0 Å². The molecular weight excluding hydrogens is 224 g/mol. The zero-order valence-corrected chi connectivity index (χ0v) is 12.0. The number of hydrogen-bond donors (Lipinski definition) is 1. The van der Waals surface area contributed by atoms with Crippen LogP contribution in [0, 0.1) is 17.3 Å². The van der Waals surface area contributed by atoms with E-state index in [9.17, 15) is 4.79 Å². The average molecular weight is 252 g/mol. The summed E-state index contributed by atoms with van der Waals surface area (Å²) in [6.45, 7) is 7.26. The normalized spacial score (nSPS) is 32.3. The molecule has 0 radical (unpaired) electrons. The number of carbonyl (C=O) groups excluding carboxylic acids is 1. The highest BCUT2D eigenvalue weighted by Crippen LogP contribution is 2.33. The molecule has 0 bridgehead atoms. The summed E-state index contributed by atoms with van der Waals surface area (Å²) in [4.78, 5) is 14.7. The lowest BCUT2D eigenvalue weighted by Crippen LogP contribution is -2.46. The van der Waals surface area contributed by atoms with Gasteiger partial charge in [-0.1, -0.05) is 13.8 Å². The van der Waals surface area contributed by atoms with Crippen LogP contribution in [0.25, 0.3) is 0 Å². The van der Waals surface area contributed by atoms with Crippen molar-refractivity contribution in [3.8, 4) is 0 Å². The van der Waals surface area contributed by atoms with Crippen LogP contribution in [0.3, 0.4) is 0 Å². The van der Waals surface area contributed by atoms with Gasteiger partial charge in [0.2, 0.25) is 5.91 Å². The molecule has 0 aromatic carbocycles. The van der Waals surface area contributed by atoms with E-state index in [1.54, 1.807) is 0 Å². The predicted octanol–water partition coefficient (Wildman–Crippen LogP) is 2.40. The third-order valence-electron chi connectivity index (χ3n) is 4.74. The second-order valence-electron chi connectivity index (χ2n) is 6.98. The highest BCUT2D eigenvalue weighted by atomic mass is 16.2. The first-order valence-corrected chi connectivity index (χ1v) is 7.51. The summed E-state index contributed by atoms with van der Waals surface area (Å²) < 4.78 is 0. The van der Waals surface area contributed by atoms with E-state index in [2.05, 4.69) is 18.7 Å². The fourth-order valence-corrected chi connectivity index (χ4v) is 3.51. The highest BCUT2D eigenvalue weighted by molar-refractivity contribution is 5.79. The summed E-state index contributed by atoms with van der Waals surface area (Å²) in [5.74, 6) is 1.35. The Kier molecular flexibility index (Phi) is 4.31. The standard InChI is InChI=1S/C15H28N2O/c1-15(2)8-3-9-17(11-15)14(18)13-6-4-12(10-16)5-7-13/h12-13H,3-11,16H2,1-2H3. The van der Waals surface area contributed by atoms with Crippen molar-refractivity contribution in [2.75, 3.05) is 19.6 Å². The summed E-state index contributed by atoms with van der Waals surface area (Å²) in [6, 6.07) is 0. The van der Waals surface area contributed by atoms with Gasteiger partial charge in [-0.3, -0.25) is 4.79 Å². The maximum atomic E-state index is 12.5. The van der Waals surface area contributed by atoms with E-state index < -0.39 is 0 Å². The molecule has 1 aliphatic heterocycles. The summed E-state index contributed by atoms with van der Waals surface area (Å²) in [5.41, 5.74) is 6.02. The maximum absolute atomic E-state index is 12.5. The quantitative estimate of drug-likeness (QED) is 0.820. The molecule has 1 amide bonds. The molecular formula is C15H28N2O. The van der Waals surface area contributed by atoms with E-state index in [-0.39, 0.29) is 5.92 Å². The molecule has 3 heteroatoms. The van der Waals surface area contributed by atoms with Gasteiger partial charge >= 0.3 is 0 Å². The van der Waals surface area contributed by atoms with Gasteiger partial charge in [0.25, 0.3) is 0 Å². The van der Waals surface area contributed by atoms with Crippen LogP contribution in [0.15, 0.2) is 0 Å². The molecule has 0 spiro atoms. The monoisotopic (exact) mass is 252 g/mol. The summed E-state index contributed by atoms with van der Waals surface area (Å²) in [6.07, 6.45) is 6.80. The van der Waals surface area contributed by atoms with E-state index in [4.69, 9.17) is 5.73 Å². The fraction of sp³-hybridized carbons (Fsp3) is 0.933. The van der Waals surface area contributed by atoms with Crippen LogP contribution in [0.2, 0.25) is 0 Å². The molecule has 2 fully saturated rings. The number of carbonyl (C=O) groups is 1. The first kappa shape index (κ1) is 13.9. The largest absolute Gasteiger partial charge is 0.342 e. The van der Waals surface area contributed by atoms with Crippen LogP contribution in [-0.2, 0) is 4.79 Å². The van der Waals surface area contributed by atoms with Gasteiger partial charge in [-0.15, -0.1) is 0 Å². The smallest absolute Gasteiger partial charge is 0.225 e. The molecule has 0 unspecified atom stereocenters. The van der Waals surface area contributed by atoms with Crippen molar-refractivity contribution in [3.63, 3.8) is 0 Å². The topological polar surface area (TPSA) is 46.3 Å². The zero-order chi connectivity index (χ0) is 13.2. The number of likely N-dealkylation sites (tertiary alicyclic amines) is 1. The van der Waals surface area contributed by atoms with E-state index in [1.165, 1.54) is 6.42 Å². The molecule has 1 saturated carbocycles. The Hall–Kier alpha value is -0.570. The van der Waals surface area contributed by atoms with Gasteiger partial charge in [0.05, 0.1) is 0 Å². The third kappa shape index (κ3) is 3.25. The Labute approximate surface area is 111 Å². The Morgan fingerprint density at radius 2 is 1.94 bits per heavy atom. The van der Waals surface area contributed by atoms with E-state index in [0.717, 1.165) is 51.7 Å². The second kappa shape index (κ2) is 5.60. The number of rotatable bonds is 2. The van der Waals surface area contributed by atoms with Crippen LogP contribution in [0.5, 0.6) is 0 Å². The van der Waals surface area contributed by atoms with Crippen molar-refractivity contribution >= 4 is 5.91 Å². The Bertz CT molecular complexity index is 293. The van der Waals surface area contributed by atoms with Gasteiger partial charge in [-0.2, -0.15) is 0 Å². The minimum Gasteiger partial charge on any atom is -0.342 e. The van der Waals surface area contributed by atoms with Crippen molar-refractivity contribution in [3.05, 3.63) is 0 Å². The number of nitrogens with two attached hydrogens (primary N) is 1. The van der Waals surface area contributed by atoms with Crippen molar-refractivity contribution in [2.24, 2.45) is 23.0 Å². The minimum atomic E-state index is 0.279. The van der Waals surface area contributed by atoms with Gasteiger partial charge in [0.15, 0.2) is 0 Å². The van der Waals surface area contributed by atoms with Crippen molar-refractivity contribution in [1.82, 2.24) is 4.90 Å². The molecule has 18 heavy (non-hydrogen) atoms. The van der Waals surface area contributed by atoms with Gasteiger partial charge < -0.3 is 10.6 Å². The zero-order valence-electron chi connectivity index (χ0n) is 12.0. The van der Waals surface area contributed by atoms with Crippen LogP contribution >= 0.6 is 0 Å². The molecule has 104 valence electrons. The molecule has 0 aromatic heterocycles. The summed E-state index contributed by atoms with van der Waals surface area (Å²) >= 11 is 0. The molecule has 0 aromatic rings. The lowest BCUT2D eigenvalue weighted by atomic mass is 9.79. The highest BCUT2D eigenvalue weighted by Gasteiger charge is 2.33. The SMILES string of the molecule is CC1(C)CCCN(C(=O)C2CCC(CN)CC2)C1. The van der Waals surface area contributed by atoms with E-state index in [0.29, 0.717) is 17.2 Å². The maximum Gasteiger partial charge on any atom is 0.225 e. The molecule has 2 N–H and O–H groups in total. The predicted molar refractivity (Wildman–Crippen MR) is 74.1 cm³/mol. The number of amides is 1. The Morgan fingerprint density at radius 3 is 2.50 bits per heavy atom. The summed E-state index contributed by atoms with van der Waals surface area (Å²) in [7, 11) is 0. The van der Waals surface area contributed by atoms with Crippen LogP contribution in [-0.4, -0.2) is 30.4 Å².